The predicted octanol–water partition coefficient (Wildman–Crippen LogP) is 1.40. The smallest absolute Gasteiger partial charge is 0.0384 e. The van der Waals surface area contributed by atoms with Crippen LogP contribution < -0.4 is 10.6 Å². The molecule has 0 aliphatic rings. The fraction of sp³-hybridized carbons (Fsp3) is 0.455. The van der Waals surface area contributed by atoms with Crippen molar-refractivity contribution in [2.45, 2.75) is 13.0 Å². The Morgan fingerprint density at radius 1 is 1.23 bits per heavy atom. The largest absolute Gasteiger partial charge is 0.320 e. The van der Waals surface area contributed by atoms with Crippen LogP contribution in [0.3, 0.4) is 0 Å². The number of benzene rings is 1. The lowest BCUT2D eigenvalue weighted by molar-refractivity contribution is 0.615. The maximum absolute atomic E-state index is 4.44. The van der Waals surface area contributed by atoms with E-state index < -0.39 is 0 Å². The third-order valence-corrected chi connectivity index (χ3v) is 1.88. The van der Waals surface area contributed by atoms with Crippen LogP contribution >= 0.6 is 0 Å². The van der Waals surface area contributed by atoms with Gasteiger partial charge in [0.15, 0.2) is 0 Å². The van der Waals surface area contributed by atoms with Crippen molar-refractivity contribution in [3.63, 3.8) is 0 Å². The first-order valence-electron chi connectivity index (χ1n) is 4.75. The molecule has 0 unspecified atom stereocenters. The molecule has 0 aromatic heterocycles. The van der Waals surface area contributed by atoms with E-state index in [2.05, 4.69) is 34.9 Å². The zero-order chi connectivity index (χ0) is 9.36. The first-order valence-corrected chi connectivity index (χ1v) is 4.75. The van der Waals surface area contributed by atoms with Gasteiger partial charge in [-0.2, -0.15) is 0 Å². The fourth-order valence-corrected chi connectivity index (χ4v) is 1.16. The van der Waals surface area contributed by atoms with Crippen LogP contribution in [0, 0.1) is 0 Å². The molecule has 0 aliphatic carbocycles. The Kier molecular flexibility index (Phi) is 5.22. The normalized spacial score (nSPS) is 10.2. The molecule has 0 amide bonds. The quantitative estimate of drug-likeness (QED) is 0.653. The van der Waals surface area contributed by atoms with E-state index in [-0.39, 0.29) is 0 Å². The van der Waals surface area contributed by atoms with Gasteiger partial charge in [-0.1, -0.05) is 30.3 Å². The highest BCUT2D eigenvalue weighted by Gasteiger charge is 1.91. The van der Waals surface area contributed by atoms with Crippen molar-refractivity contribution in [2.75, 3.05) is 20.1 Å². The maximum atomic E-state index is 4.44. The van der Waals surface area contributed by atoms with Gasteiger partial charge < -0.3 is 5.32 Å². The highest BCUT2D eigenvalue weighted by Crippen LogP contribution is 1.97. The van der Waals surface area contributed by atoms with Gasteiger partial charge in [0, 0.05) is 13.1 Å². The molecule has 0 aliphatic heterocycles. The molecule has 13 heavy (non-hydrogen) atoms. The second-order valence-corrected chi connectivity index (χ2v) is 3.05. The van der Waals surface area contributed by atoms with Crippen molar-refractivity contribution in [1.82, 2.24) is 10.6 Å². The van der Waals surface area contributed by atoms with Gasteiger partial charge in [0.2, 0.25) is 0 Å². The zero-order valence-corrected chi connectivity index (χ0v) is 8.16. The van der Waals surface area contributed by atoms with Crippen molar-refractivity contribution in [1.29, 1.82) is 0 Å². The van der Waals surface area contributed by atoms with Gasteiger partial charge in [-0.25, -0.2) is 5.32 Å². The van der Waals surface area contributed by atoms with Gasteiger partial charge in [0.05, 0.1) is 0 Å². The van der Waals surface area contributed by atoms with Gasteiger partial charge >= 0.3 is 0 Å². The number of nitrogens with one attached hydrogen (secondary N) is 1. The van der Waals surface area contributed by atoms with E-state index in [1.807, 2.05) is 13.1 Å². The minimum absolute atomic E-state index is 0.852. The van der Waals surface area contributed by atoms with E-state index in [0.29, 0.717) is 0 Å². The van der Waals surface area contributed by atoms with Gasteiger partial charge in [0.1, 0.15) is 0 Å². The third kappa shape index (κ3) is 4.65. The Morgan fingerprint density at radius 3 is 2.69 bits per heavy atom. The Morgan fingerprint density at radius 2 is 2.00 bits per heavy atom. The number of nitrogens with zero attached hydrogens (tertiary/aromatic N) is 1. The van der Waals surface area contributed by atoms with Crippen LogP contribution in [-0.4, -0.2) is 20.1 Å². The van der Waals surface area contributed by atoms with E-state index in [9.17, 15) is 0 Å². The van der Waals surface area contributed by atoms with Gasteiger partial charge in [-0.3, -0.25) is 0 Å². The highest BCUT2D eigenvalue weighted by atomic mass is 14.9. The monoisotopic (exact) mass is 177 g/mol. The molecule has 1 radical (unpaired) electrons. The Balaban J connectivity index is 2.07. The van der Waals surface area contributed by atoms with Crippen molar-refractivity contribution in [3.8, 4) is 0 Å². The number of hydrogen-bond donors (Lipinski definition) is 1. The average Bonchev–Trinajstić information content (AvgIpc) is 2.19. The summed E-state index contributed by atoms with van der Waals surface area (Å²) in [5.41, 5.74) is 1.30. The standard InChI is InChI=1S/C11H17N2/c1-12-8-5-9-13-10-11-6-3-2-4-7-11/h2-4,6-7,12H,5,8-10H2,1H3. The van der Waals surface area contributed by atoms with Gasteiger partial charge in [-0.05, 0) is 25.6 Å². The summed E-state index contributed by atoms with van der Waals surface area (Å²) in [7, 11) is 1.97. The zero-order valence-electron chi connectivity index (χ0n) is 8.16. The summed E-state index contributed by atoms with van der Waals surface area (Å²) in [5, 5.41) is 7.55. The molecule has 71 valence electrons. The van der Waals surface area contributed by atoms with E-state index in [1.54, 1.807) is 0 Å². The molecule has 0 fully saturated rings. The first-order chi connectivity index (χ1) is 6.43. The van der Waals surface area contributed by atoms with E-state index in [1.165, 1.54) is 5.56 Å². The van der Waals surface area contributed by atoms with E-state index in [4.69, 9.17) is 0 Å². The van der Waals surface area contributed by atoms with Crippen LogP contribution in [0.1, 0.15) is 12.0 Å². The summed E-state index contributed by atoms with van der Waals surface area (Å²) in [6.07, 6.45) is 1.13. The van der Waals surface area contributed by atoms with Crippen LogP contribution in [0.4, 0.5) is 0 Å². The van der Waals surface area contributed by atoms with E-state index in [0.717, 1.165) is 26.1 Å². The van der Waals surface area contributed by atoms with E-state index >= 15 is 0 Å². The summed E-state index contributed by atoms with van der Waals surface area (Å²) in [6, 6.07) is 10.4. The number of rotatable bonds is 6. The van der Waals surface area contributed by atoms with Crippen molar-refractivity contribution in [3.05, 3.63) is 35.9 Å². The van der Waals surface area contributed by atoms with Gasteiger partial charge in [-0.15, -0.1) is 0 Å². The molecule has 1 rings (SSSR count). The molecule has 0 saturated heterocycles. The molecule has 0 saturated carbocycles. The summed E-state index contributed by atoms with van der Waals surface area (Å²) in [4.78, 5) is 0. The third-order valence-electron chi connectivity index (χ3n) is 1.88. The molecular formula is C11H17N2. The van der Waals surface area contributed by atoms with Crippen LogP contribution in [0.2, 0.25) is 0 Å². The first kappa shape index (κ1) is 10.2. The lowest BCUT2D eigenvalue weighted by atomic mass is 10.2. The van der Waals surface area contributed by atoms with Crippen LogP contribution in [0.15, 0.2) is 30.3 Å². The van der Waals surface area contributed by atoms with Crippen molar-refractivity contribution < 1.29 is 0 Å². The number of hydrogen-bond acceptors (Lipinski definition) is 1. The molecule has 1 N–H and O–H groups in total. The Labute approximate surface area is 80.4 Å². The molecular weight excluding hydrogens is 160 g/mol. The minimum atomic E-state index is 0.852. The van der Waals surface area contributed by atoms with Crippen molar-refractivity contribution >= 4 is 0 Å². The predicted molar refractivity (Wildman–Crippen MR) is 55.7 cm³/mol. The van der Waals surface area contributed by atoms with Gasteiger partial charge in [0.25, 0.3) is 0 Å². The maximum Gasteiger partial charge on any atom is 0.0384 e. The SMILES string of the molecule is CNCCC[N]Cc1ccccc1. The molecule has 0 heterocycles. The highest BCUT2D eigenvalue weighted by molar-refractivity contribution is 5.14. The minimum Gasteiger partial charge on any atom is -0.320 e. The lowest BCUT2D eigenvalue weighted by Gasteiger charge is -2.01. The summed E-state index contributed by atoms with van der Waals surface area (Å²) < 4.78 is 0. The molecule has 0 spiro atoms. The second-order valence-electron chi connectivity index (χ2n) is 3.05. The van der Waals surface area contributed by atoms with Crippen LogP contribution in [0.5, 0.6) is 0 Å². The second kappa shape index (κ2) is 6.63. The van der Waals surface area contributed by atoms with Crippen molar-refractivity contribution in [2.24, 2.45) is 0 Å². The fourth-order valence-electron chi connectivity index (χ4n) is 1.16. The average molecular weight is 177 g/mol. The summed E-state index contributed by atoms with van der Waals surface area (Å²) >= 11 is 0. The molecule has 0 bridgehead atoms. The summed E-state index contributed by atoms with van der Waals surface area (Å²) in [6.45, 7) is 2.86. The molecule has 1 aromatic rings. The molecule has 2 nitrogen and oxygen atoms in total. The Hall–Kier alpha value is -0.860. The lowest BCUT2D eigenvalue weighted by Crippen LogP contribution is -2.14. The molecule has 2 heteroatoms. The summed E-state index contributed by atoms with van der Waals surface area (Å²) in [5.74, 6) is 0. The van der Waals surface area contributed by atoms with Crippen LogP contribution in [0.25, 0.3) is 0 Å². The molecule has 1 aromatic carbocycles. The molecule has 0 atom stereocenters. The van der Waals surface area contributed by atoms with Crippen LogP contribution in [-0.2, 0) is 6.54 Å². The Bertz CT molecular complexity index is 209. The topological polar surface area (TPSA) is 26.1 Å².